The zero-order valence-corrected chi connectivity index (χ0v) is 10.5. The molecule has 1 amide bonds. The predicted molar refractivity (Wildman–Crippen MR) is 62.7 cm³/mol. The first-order valence-corrected chi connectivity index (χ1v) is 6.21. The third-order valence-corrected chi connectivity index (χ3v) is 3.08. The third kappa shape index (κ3) is 4.42. The van der Waals surface area contributed by atoms with Crippen LogP contribution >= 0.6 is 22.9 Å². The van der Waals surface area contributed by atoms with Gasteiger partial charge in [-0.3, -0.25) is 4.79 Å². The molecule has 5 nitrogen and oxygen atoms in total. The highest BCUT2D eigenvalue weighted by molar-refractivity contribution is 7.17. The number of nitrogens with one attached hydrogen (secondary N) is 1. The van der Waals surface area contributed by atoms with Gasteiger partial charge in [0.25, 0.3) is 5.91 Å². The van der Waals surface area contributed by atoms with Gasteiger partial charge >= 0.3 is 0 Å². The molecule has 90 valence electrons. The first kappa shape index (κ1) is 13.3. The van der Waals surface area contributed by atoms with Crippen LogP contribution in [-0.2, 0) is 0 Å². The molecule has 0 aliphatic heterocycles. The Morgan fingerprint density at radius 1 is 1.62 bits per heavy atom. The van der Waals surface area contributed by atoms with Gasteiger partial charge in [0, 0.05) is 13.2 Å². The quantitative estimate of drug-likeness (QED) is 0.760. The topological polar surface area (TPSA) is 75.1 Å². The average molecular weight is 264 g/mol. The molecule has 1 aromatic rings. The molecule has 1 heterocycles. The largest absolute Gasteiger partial charge is 0.396 e. The molecule has 1 atom stereocenters. The van der Waals surface area contributed by atoms with Crippen molar-refractivity contribution >= 4 is 28.8 Å². The minimum absolute atomic E-state index is 0.181. The predicted octanol–water partition coefficient (Wildman–Crippen LogP) is 1.33. The van der Waals surface area contributed by atoms with Crippen molar-refractivity contribution in [2.24, 2.45) is 5.92 Å². The summed E-state index contributed by atoms with van der Waals surface area (Å²) in [6, 6.07) is 0. The molecule has 0 saturated carbocycles. The van der Waals surface area contributed by atoms with Crippen LogP contribution in [0.5, 0.6) is 0 Å². The van der Waals surface area contributed by atoms with Crippen LogP contribution in [-0.4, -0.2) is 34.4 Å². The van der Waals surface area contributed by atoms with Crippen LogP contribution in [0.4, 0.5) is 0 Å². The number of aliphatic hydroxyl groups excluding tert-OH is 1. The van der Waals surface area contributed by atoms with Gasteiger partial charge < -0.3 is 10.4 Å². The Labute approximate surface area is 103 Å². The number of aliphatic hydroxyl groups is 1. The van der Waals surface area contributed by atoms with Gasteiger partial charge in [-0.2, -0.15) is 0 Å². The van der Waals surface area contributed by atoms with E-state index < -0.39 is 0 Å². The SMILES string of the molecule is CC(CO)CCCNC(=O)c1nnc(Cl)s1. The maximum Gasteiger partial charge on any atom is 0.282 e. The maximum atomic E-state index is 11.5. The molecular weight excluding hydrogens is 250 g/mol. The van der Waals surface area contributed by atoms with Crippen LogP contribution < -0.4 is 5.32 Å². The fraction of sp³-hybridized carbons (Fsp3) is 0.667. The second-order valence-electron chi connectivity index (χ2n) is 3.55. The molecular formula is C9H14ClN3O2S. The Morgan fingerprint density at radius 3 is 2.94 bits per heavy atom. The first-order valence-electron chi connectivity index (χ1n) is 5.01. The molecule has 0 spiro atoms. The third-order valence-electron chi connectivity index (χ3n) is 2.07. The van der Waals surface area contributed by atoms with Gasteiger partial charge in [-0.15, -0.1) is 10.2 Å². The van der Waals surface area contributed by atoms with E-state index in [9.17, 15) is 4.79 Å². The minimum Gasteiger partial charge on any atom is -0.396 e. The fourth-order valence-corrected chi connectivity index (χ4v) is 1.86. The molecule has 0 saturated heterocycles. The summed E-state index contributed by atoms with van der Waals surface area (Å²) in [5.74, 6) is 0.0222. The number of hydrogen-bond acceptors (Lipinski definition) is 5. The van der Waals surface area contributed by atoms with Gasteiger partial charge in [-0.1, -0.05) is 18.3 Å². The summed E-state index contributed by atoms with van der Waals surface area (Å²) in [6.45, 7) is 2.71. The van der Waals surface area contributed by atoms with E-state index in [2.05, 4.69) is 15.5 Å². The molecule has 0 radical (unpaired) electrons. The Hall–Kier alpha value is -0.720. The van der Waals surface area contributed by atoms with Crippen LogP contribution in [0, 0.1) is 5.92 Å². The maximum absolute atomic E-state index is 11.5. The molecule has 0 aliphatic rings. The molecule has 1 rings (SSSR count). The molecule has 2 N–H and O–H groups in total. The van der Waals surface area contributed by atoms with E-state index in [4.69, 9.17) is 16.7 Å². The number of nitrogens with zero attached hydrogens (tertiary/aromatic N) is 2. The number of carbonyl (C=O) groups excluding carboxylic acids is 1. The number of aromatic nitrogens is 2. The molecule has 1 aromatic heterocycles. The average Bonchev–Trinajstić information content (AvgIpc) is 2.70. The van der Waals surface area contributed by atoms with Crippen molar-refractivity contribution in [1.82, 2.24) is 15.5 Å². The Kier molecular flexibility index (Phi) is 5.65. The van der Waals surface area contributed by atoms with Crippen molar-refractivity contribution in [3.63, 3.8) is 0 Å². The van der Waals surface area contributed by atoms with E-state index in [0.717, 1.165) is 24.2 Å². The van der Waals surface area contributed by atoms with Gasteiger partial charge in [0.05, 0.1) is 0 Å². The summed E-state index contributed by atoms with van der Waals surface area (Å²) >= 11 is 6.62. The van der Waals surface area contributed by atoms with E-state index in [1.54, 1.807) is 0 Å². The number of rotatable bonds is 6. The summed E-state index contributed by atoms with van der Waals surface area (Å²) in [4.78, 5) is 11.5. The highest BCUT2D eigenvalue weighted by atomic mass is 35.5. The number of halogens is 1. The second kappa shape index (κ2) is 6.78. The van der Waals surface area contributed by atoms with E-state index >= 15 is 0 Å². The molecule has 0 fully saturated rings. The lowest BCUT2D eigenvalue weighted by atomic mass is 10.1. The van der Waals surface area contributed by atoms with Crippen LogP contribution in [0.15, 0.2) is 0 Å². The number of amides is 1. The van der Waals surface area contributed by atoms with E-state index in [-0.39, 0.29) is 27.9 Å². The molecule has 1 unspecified atom stereocenters. The summed E-state index contributed by atoms with van der Waals surface area (Å²) < 4.78 is 0.263. The highest BCUT2D eigenvalue weighted by Gasteiger charge is 2.11. The van der Waals surface area contributed by atoms with Crippen LogP contribution in [0.2, 0.25) is 4.47 Å². The normalized spacial score (nSPS) is 12.4. The zero-order valence-electron chi connectivity index (χ0n) is 8.94. The summed E-state index contributed by atoms with van der Waals surface area (Å²) in [5, 5.41) is 19.0. The number of carbonyl (C=O) groups is 1. The van der Waals surface area contributed by atoms with Crippen LogP contribution in [0.1, 0.15) is 29.6 Å². The van der Waals surface area contributed by atoms with Crippen molar-refractivity contribution in [1.29, 1.82) is 0 Å². The number of hydrogen-bond donors (Lipinski definition) is 2. The van der Waals surface area contributed by atoms with Gasteiger partial charge in [-0.25, -0.2) is 0 Å². The van der Waals surface area contributed by atoms with E-state index in [0.29, 0.717) is 6.54 Å². The summed E-state index contributed by atoms with van der Waals surface area (Å²) in [6.07, 6.45) is 1.72. The lowest BCUT2D eigenvalue weighted by molar-refractivity contribution is 0.0951. The van der Waals surface area contributed by atoms with Crippen LogP contribution in [0.3, 0.4) is 0 Å². The smallest absolute Gasteiger partial charge is 0.282 e. The monoisotopic (exact) mass is 263 g/mol. The second-order valence-corrected chi connectivity index (χ2v) is 5.11. The Bertz CT molecular complexity index is 345. The first-order chi connectivity index (χ1) is 7.63. The van der Waals surface area contributed by atoms with Gasteiger partial charge in [-0.05, 0) is 30.4 Å². The summed E-state index contributed by atoms with van der Waals surface area (Å²) in [7, 11) is 0. The van der Waals surface area contributed by atoms with Crippen molar-refractivity contribution < 1.29 is 9.90 Å². The van der Waals surface area contributed by atoms with Crippen molar-refractivity contribution in [2.45, 2.75) is 19.8 Å². The molecule has 0 aromatic carbocycles. The van der Waals surface area contributed by atoms with Crippen molar-refractivity contribution in [3.8, 4) is 0 Å². The Balaban J connectivity index is 2.21. The van der Waals surface area contributed by atoms with Gasteiger partial charge in [0.15, 0.2) is 0 Å². The molecule has 0 aliphatic carbocycles. The molecule has 7 heteroatoms. The van der Waals surface area contributed by atoms with Gasteiger partial charge in [0.1, 0.15) is 0 Å². The lowest BCUT2D eigenvalue weighted by Gasteiger charge is -2.07. The molecule has 0 bridgehead atoms. The zero-order chi connectivity index (χ0) is 12.0. The minimum atomic E-state index is -0.249. The standard InChI is InChI=1S/C9H14ClN3O2S/c1-6(5-14)3-2-4-11-7(15)8-12-13-9(10)16-8/h6,14H,2-5H2,1H3,(H,11,15). The van der Waals surface area contributed by atoms with Gasteiger partial charge in [0.2, 0.25) is 9.47 Å². The van der Waals surface area contributed by atoms with Crippen LogP contribution in [0.25, 0.3) is 0 Å². The lowest BCUT2D eigenvalue weighted by Crippen LogP contribution is -2.24. The Morgan fingerprint density at radius 2 is 2.38 bits per heavy atom. The molecule has 16 heavy (non-hydrogen) atoms. The van der Waals surface area contributed by atoms with Crippen molar-refractivity contribution in [2.75, 3.05) is 13.2 Å². The summed E-state index contributed by atoms with van der Waals surface area (Å²) in [5.41, 5.74) is 0. The fourth-order valence-electron chi connectivity index (χ4n) is 1.12. The van der Waals surface area contributed by atoms with E-state index in [1.165, 1.54) is 0 Å². The van der Waals surface area contributed by atoms with E-state index in [1.807, 2.05) is 6.92 Å². The van der Waals surface area contributed by atoms with Crippen molar-refractivity contribution in [3.05, 3.63) is 9.47 Å². The highest BCUT2D eigenvalue weighted by Crippen LogP contribution is 2.14.